The molecule has 0 spiro atoms. The van der Waals surface area contributed by atoms with E-state index < -0.39 is 17.8 Å². The van der Waals surface area contributed by atoms with Gasteiger partial charge in [-0.15, -0.1) is 10.2 Å². The van der Waals surface area contributed by atoms with Crippen molar-refractivity contribution in [2.75, 3.05) is 11.1 Å². The average molecular weight is 442 g/mol. The van der Waals surface area contributed by atoms with Crippen molar-refractivity contribution in [3.63, 3.8) is 0 Å². The van der Waals surface area contributed by atoms with Gasteiger partial charge < -0.3 is 15.2 Å². The van der Waals surface area contributed by atoms with E-state index in [4.69, 9.17) is 0 Å². The molecule has 162 valence electrons. The van der Waals surface area contributed by atoms with Crippen molar-refractivity contribution in [3.05, 3.63) is 70.8 Å². The molecule has 31 heavy (non-hydrogen) atoms. The highest BCUT2D eigenvalue weighted by Gasteiger charge is 2.20. The maximum Gasteiger partial charge on any atom is 0.254 e. The Bertz CT molecular complexity index is 1120. The summed E-state index contributed by atoms with van der Waals surface area (Å²) in [6.45, 7) is 5.65. The van der Waals surface area contributed by atoms with E-state index in [1.807, 2.05) is 32.0 Å². The van der Waals surface area contributed by atoms with E-state index in [-0.39, 0.29) is 17.2 Å². The molecule has 0 aliphatic heterocycles. The number of halogens is 1. The predicted molar refractivity (Wildman–Crippen MR) is 119 cm³/mol. The number of aromatic nitrogens is 3. The number of rotatable bonds is 7. The molecule has 2 aromatic carbocycles. The van der Waals surface area contributed by atoms with Crippen LogP contribution in [0.2, 0.25) is 0 Å². The molecule has 1 heterocycles. The van der Waals surface area contributed by atoms with E-state index in [1.54, 1.807) is 24.6 Å². The van der Waals surface area contributed by atoms with Gasteiger partial charge >= 0.3 is 0 Å². The summed E-state index contributed by atoms with van der Waals surface area (Å²) in [6.07, 6.45) is 0. The minimum Gasteiger partial charge on any atom is -0.342 e. The number of nitrogens with zero attached hydrogens (tertiary/aromatic N) is 3. The molecule has 0 saturated carbocycles. The summed E-state index contributed by atoms with van der Waals surface area (Å²) in [5, 5.41) is 14.4. The first kappa shape index (κ1) is 22.5. The molecule has 9 heteroatoms. The first-order valence-corrected chi connectivity index (χ1v) is 10.7. The van der Waals surface area contributed by atoms with Crippen LogP contribution in [-0.4, -0.2) is 32.3 Å². The van der Waals surface area contributed by atoms with Gasteiger partial charge in [0.25, 0.3) is 5.91 Å². The fourth-order valence-corrected chi connectivity index (χ4v) is 3.72. The fourth-order valence-electron chi connectivity index (χ4n) is 3.00. The number of thioether (sulfide) groups is 1. The van der Waals surface area contributed by atoms with Gasteiger partial charge in [0.1, 0.15) is 5.82 Å². The SMILES string of the molecule is Cc1ccc(C)c(NC(=O)CSc2nnc([C@H](C)NC(=O)c3ccccc3F)n2C)c1. The van der Waals surface area contributed by atoms with Gasteiger partial charge in [-0.1, -0.05) is 36.0 Å². The van der Waals surface area contributed by atoms with Crippen molar-refractivity contribution >= 4 is 29.3 Å². The summed E-state index contributed by atoms with van der Waals surface area (Å²) >= 11 is 1.25. The minimum atomic E-state index is -0.587. The van der Waals surface area contributed by atoms with Crippen LogP contribution in [0.25, 0.3) is 0 Å². The topological polar surface area (TPSA) is 88.9 Å². The summed E-state index contributed by atoms with van der Waals surface area (Å²) in [5.74, 6) is -0.603. The van der Waals surface area contributed by atoms with Crippen molar-refractivity contribution < 1.29 is 14.0 Å². The number of aryl methyl sites for hydroxylation is 2. The van der Waals surface area contributed by atoms with Crippen LogP contribution in [0.5, 0.6) is 0 Å². The van der Waals surface area contributed by atoms with Crippen LogP contribution >= 0.6 is 11.8 Å². The Labute approximate surface area is 184 Å². The number of hydrogen-bond acceptors (Lipinski definition) is 5. The molecular weight excluding hydrogens is 417 g/mol. The number of amides is 2. The molecular formula is C22H24FN5O2S. The van der Waals surface area contributed by atoms with Crippen molar-refractivity contribution in [1.29, 1.82) is 0 Å². The zero-order valence-electron chi connectivity index (χ0n) is 17.8. The Morgan fingerprint density at radius 3 is 2.65 bits per heavy atom. The summed E-state index contributed by atoms with van der Waals surface area (Å²) < 4.78 is 15.5. The number of hydrogen-bond donors (Lipinski definition) is 2. The van der Waals surface area contributed by atoms with Gasteiger partial charge in [0.05, 0.1) is 17.4 Å². The molecule has 2 N–H and O–H groups in total. The Kier molecular flexibility index (Phi) is 7.06. The van der Waals surface area contributed by atoms with Gasteiger partial charge in [-0.2, -0.15) is 0 Å². The monoisotopic (exact) mass is 441 g/mol. The molecule has 0 aliphatic carbocycles. The van der Waals surface area contributed by atoms with Gasteiger partial charge in [0.2, 0.25) is 5.91 Å². The molecule has 0 aliphatic rings. The zero-order chi connectivity index (χ0) is 22.5. The zero-order valence-corrected chi connectivity index (χ0v) is 18.6. The highest BCUT2D eigenvalue weighted by Crippen LogP contribution is 2.21. The first-order chi connectivity index (χ1) is 14.8. The molecule has 0 unspecified atom stereocenters. The van der Waals surface area contributed by atoms with Crippen LogP contribution in [-0.2, 0) is 11.8 Å². The third-order valence-electron chi connectivity index (χ3n) is 4.72. The second-order valence-corrected chi connectivity index (χ2v) is 8.17. The van der Waals surface area contributed by atoms with Crippen molar-refractivity contribution in [1.82, 2.24) is 20.1 Å². The van der Waals surface area contributed by atoms with Crippen LogP contribution in [0.1, 0.15) is 40.3 Å². The van der Waals surface area contributed by atoms with Crippen LogP contribution in [0.15, 0.2) is 47.6 Å². The Morgan fingerprint density at radius 2 is 1.90 bits per heavy atom. The molecule has 3 aromatic rings. The number of benzene rings is 2. The van der Waals surface area contributed by atoms with Crippen molar-refractivity contribution in [3.8, 4) is 0 Å². The maximum absolute atomic E-state index is 13.8. The summed E-state index contributed by atoms with van der Waals surface area (Å²) in [5.41, 5.74) is 2.81. The molecule has 1 atom stereocenters. The predicted octanol–water partition coefficient (Wildman–Crippen LogP) is 3.79. The van der Waals surface area contributed by atoms with Gasteiger partial charge in [-0.3, -0.25) is 9.59 Å². The molecule has 0 fully saturated rings. The van der Waals surface area contributed by atoms with Gasteiger partial charge in [0.15, 0.2) is 11.0 Å². The van der Waals surface area contributed by atoms with E-state index >= 15 is 0 Å². The smallest absolute Gasteiger partial charge is 0.254 e. The second-order valence-electron chi connectivity index (χ2n) is 7.23. The number of carbonyl (C=O) groups is 2. The largest absolute Gasteiger partial charge is 0.342 e. The average Bonchev–Trinajstić information content (AvgIpc) is 3.10. The van der Waals surface area contributed by atoms with Crippen molar-refractivity contribution in [2.24, 2.45) is 7.05 Å². The highest BCUT2D eigenvalue weighted by atomic mass is 32.2. The van der Waals surface area contributed by atoms with E-state index in [0.29, 0.717) is 11.0 Å². The normalized spacial score (nSPS) is 11.8. The quantitative estimate of drug-likeness (QED) is 0.545. The van der Waals surface area contributed by atoms with E-state index in [2.05, 4.69) is 20.8 Å². The number of anilines is 1. The van der Waals surface area contributed by atoms with E-state index in [9.17, 15) is 14.0 Å². The lowest BCUT2D eigenvalue weighted by Gasteiger charge is -2.14. The van der Waals surface area contributed by atoms with Crippen LogP contribution in [0.3, 0.4) is 0 Å². The highest BCUT2D eigenvalue weighted by molar-refractivity contribution is 7.99. The maximum atomic E-state index is 13.8. The van der Waals surface area contributed by atoms with Crippen LogP contribution in [0, 0.1) is 19.7 Å². The summed E-state index contributed by atoms with van der Waals surface area (Å²) in [4.78, 5) is 24.7. The molecule has 2 amide bonds. The van der Waals surface area contributed by atoms with Crippen molar-refractivity contribution in [2.45, 2.75) is 32.0 Å². The third kappa shape index (κ3) is 5.49. The van der Waals surface area contributed by atoms with E-state index in [0.717, 1.165) is 16.8 Å². The Hall–Kier alpha value is -3.20. The summed E-state index contributed by atoms with van der Waals surface area (Å²) in [7, 11) is 1.76. The Morgan fingerprint density at radius 1 is 1.16 bits per heavy atom. The second kappa shape index (κ2) is 9.74. The lowest BCUT2D eigenvalue weighted by atomic mass is 10.1. The van der Waals surface area contributed by atoms with Gasteiger partial charge in [0, 0.05) is 12.7 Å². The third-order valence-corrected chi connectivity index (χ3v) is 5.74. The number of nitrogens with one attached hydrogen (secondary N) is 2. The first-order valence-electron chi connectivity index (χ1n) is 9.71. The fraction of sp³-hybridized carbons (Fsp3) is 0.273. The van der Waals surface area contributed by atoms with Gasteiger partial charge in [-0.05, 0) is 50.1 Å². The molecule has 3 rings (SSSR count). The lowest BCUT2D eigenvalue weighted by Crippen LogP contribution is -2.29. The molecule has 0 bridgehead atoms. The number of carbonyl (C=O) groups excluding carboxylic acids is 2. The standard InChI is InChI=1S/C22H24FN5O2S/c1-13-9-10-14(2)18(11-13)25-19(29)12-31-22-27-26-20(28(22)4)15(3)24-21(30)16-7-5-6-8-17(16)23/h5-11,15H,12H2,1-4H3,(H,24,30)(H,25,29)/t15-/m0/s1. The molecule has 7 nitrogen and oxygen atoms in total. The molecule has 0 radical (unpaired) electrons. The lowest BCUT2D eigenvalue weighted by molar-refractivity contribution is -0.113. The summed E-state index contributed by atoms with van der Waals surface area (Å²) in [6, 6.07) is 11.2. The van der Waals surface area contributed by atoms with Gasteiger partial charge in [-0.25, -0.2) is 4.39 Å². The van der Waals surface area contributed by atoms with E-state index in [1.165, 1.54) is 30.0 Å². The molecule has 1 aromatic heterocycles. The molecule has 0 saturated heterocycles. The van der Waals surface area contributed by atoms with Crippen LogP contribution < -0.4 is 10.6 Å². The van der Waals surface area contributed by atoms with Crippen LogP contribution in [0.4, 0.5) is 10.1 Å². The Balaban J connectivity index is 1.60. The minimum absolute atomic E-state index is 0.0331.